The highest BCUT2D eigenvalue weighted by molar-refractivity contribution is 7.76. The Bertz CT molecular complexity index is 370. The lowest BCUT2D eigenvalue weighted by molar-refractivity contribution is 0.313. The lowest BCUT2D eigenvalue weighted by atomic mass is 8.81. The van der Waals surface area contributed by atoms with Gasteiger partial charge in [-0.05, 0) is 26.1 Å². The van der Waals surface area contributed by atoms with E-state index in [0.29, 0.717) is 0 Å². The molecule has 1 fully saturated rings. The monoisotopic (exact) mass is 256 g/mol. The molecule has 1 aromatic rings. The molecular formula is C12H18B6N2. The molecule has 0 aromatic heterocycles. The second-order valence-electron chi connectivity index (χ2n) is 5.28. The van der Waals surface area contributed by atoms with E-state index in [4.69, 9.17) is 30.9 Å². The van der Waals surface area contributed by atoms with E-state index in [1.807, 2.05) is 0 Å². The first-order valence-electron chi connectivity index (χ1n) is 6.92. The number of anilines is 1. The van der Waals surface area contributed by atoms with Crippen molar-refractivity contribution in [2.75, 3.05) is 38.1 Å². The molecule has 0 atom stereocenters. The summed E-state index contributed by atoms with van der Waals surface area (Å²) in [5, 5.41) is 0. The molecule has 20 heavy (non-hydrogen) atoms. The zero-order valence-corrected chi connectivity index (χ0v) is 12.5. The second-order valence-corrected chi connectivity index (χ2v) is 5.28. The van der Waals surface area contributed by atoms with Gasteiger partial charge in [-0.3, -0.25) is 0 Å². The van der Waals surface area contributed by atoms with Crippen LogP contribution < -0.4 is 4.90 Å². The number of benzene rings is 1. The van der Waals surface area contributed by atoms with Crippen molar-refractivity contribution in [2.24, 2.45) is 0 Å². The Hall–Kier alpha value is -0.630. The van der Waals surface area contributed by atoms with Crippen molar-refractivity contribution >= 4 is 49.4 Å². The highest BCUT2D eigenvalue weighted by Crippen LogP contribution is 2.16. The van der Waals surface area contributed by atoms with Crippen LogP contribution in [0.3, 0.4) is 0 Å². The van der Waals surface area contributed by atoms with Crippen LogP contribution in [-0.4, -0.2) is 81.8 Å². The fraction of sp³-hybridized carbons (Fsp3) is 0.500. The van der Waals surface area contributed by atoms with Crippen LogP contribution in [0.15, 0.2) is 24.3 Å². The number of nitrogens with zero attached hydrogens (tertiary/aromatic N) is 2. The minimum atomic E-state index is -0.593. The molecule has 2 rings (SSSR count). The van der Waals surface area contributed by atoms with Gasteiger partial charge in [0.15, 0.2) is 0 Å². The van der Waals surface area contributed by atoms with Crippen LogP contribution in [0.25, 0.3) is 0 Å². The normalized spacial score (nSPS) is 15.2. The van der Waals surface area contributed by atoms with Crippen LogP contribution in [0.5, 0.6) is 0 Å². The molecular weight excluding hydrogens is 237 g/mol. The van der Waals surface area contributed by atoms with Crippen LogP contribution in [0, 0.1) is 6.92 Å². The highest BCUT2D eigenvalue weighted by Gasteiger charge is 2.13. The summed E-state index contributed by atoms with van der Waals surface area (Å²) in [6, 6.07) is 8.82. The third-order valence-electron chi connectivity index (χ3n) is 3.35. The second kappa shape index (κ2) is 8.61. The Morgan fingerprint density at radius 1 is 0.850 bits per heavy atom. The van der Waals surface area contributed by atoms with E-state index in [-0.39, 0.29) is 0 Å². The molecule has 0 saturated carbocycles. The molecule has 1 aliphatic rings. The van der Waals surface area contributed by atoms with Crippen molar-refractivity contribution in [3.05, 3.63) is 29.8 Å². The number of hydrogen-bond donors (Lipinski definition) is 0. The fourth-order valence-electron chi connectivity index (χ4n) is 1.82. The van der Waals surface area contributed by atoms with E-state index in [1.54, 1.807) is 0 Å². The molecule has 0 N–H and O–H groups in total. The van der Waals surface area contributed by atoms with Crippen molar-refractivity contribution < 1.29 is 0 Å². The number of piperazine rings is 1. The van der Waals surface area contributed by atoms with Crippen molar-refractivity contribution in [3.8, 4) is 0 Å². The molecule has 0 unspecified atom stereocenters. The third kappa shape index (κ3) is 6.21. The molecule has 0 amide bonds. The summed E-state index contributed by atoms with van der Waals surface area (Å²) in [6.45, 7) is 6.79. The van der Waals surface area contributed by atoms with Gasteiger partial charge in [0.2, 0.25) is 0 Å². The van der Waals surface area contributed by atoms with Gasteiger partial charge < -0.3 is 9.80 Å². The molecule has 0 spiro atoms. The smallest absolute Gasteiger partial charge is 0.0367 e. The molecule has 1 aromatic carbocycles. The summed E-state index contributed by atoms with van der Waals surface area (Å²) in [6.07, 6.45) is -1.19. The summed E-state index contributed by atoms with van der Waals surface area (Å²) >= 11 is 0. The van der Waals surface area contributed by atoms with Crippen molar-refractivity contribution in [1.82, 2.24) is 4.90 Å². The molecule has 0 aliphatic carbocycles. The molecule has 8 radical (unpaired) electrons. The van der Waals surface area contributed by atoms with Crippen molar-refractivity contribution in [1.29, 1.82) is 0 Å². The van der Waals surface area contributed by atoms with E-state index < -0.39 is 12.8 Å². The van der Waals surface area contributed by atoms with E-state index in [2.05, 4.69) is 48.0 Å². The van der Waals surface area contributed by atoms with Gasteiger partial charge in [0, 0.05) is 75.6 Å². The van der Waals surface area contributed by atoms with E-state index in [1.165, 1.54) is 24.3 Å². The predicted molar refractivity (Wildman–Crippen MR) is 95.4 cm³/mol. The Labute approximate surface area is 129 Å². The quantitative estimate of drug-likeness (QED) is 0.655. The largest absolute Gasteiger partial charge is 0.369 e. The Balaban J connectivity index is 0.000000286. The van der Waals surface area contributed by atoms with Crippen molar-refractivity contribution in [3.63, 3.8) is 0 Å². The van der Waals surface area contributed by atoms with Gasteiger partial charge in [0.25, 0.3) is 0 Å². The fourth-order valence-corrected chi connectivity index (χ4v) is 1.82. The first-order chi connectivity index (χ1) is 9.40. The average molecular weight is 255 g/mol. The van der Waals surface area contributed by atoms with Crippen molar-refractivity contribution in [2.45, 2.75) is 6.92 Å². The summed E-state index contributed by atoms with van der Waals surface area (Å²) in [4.78, 5) is 4.84. The van der Waals surface area contributed by atoms with Gasteiger partial charge in [0.05, 0.1) is 0 Å². The van der Waals surface area contributed by atoms with Gasteiger partial charge in [-0.25, -0.2) is 0 Å². The van der Waals surface area contributed by atoms with Crippen LogP contribution in [0.1, 0.15) is 5.56 Å². The van der Waals surface area contributed by atoms with Crippen LogP contribution in [0.4, 0.5) is 5.69 Å². The van der Waals surface area contributed by atoms with Gasteiger partial charge in [-0.2, -0.15) is 0 Å². The standard InChI is InChI=1S/C12H18N2.B6/c1-11-3-5-12(6-4-11)14-9-7-13(2)8-10-14;1-5(2)6(3)4/h3-6H,7-10H2,1-2H3;. The topological polar surface area (TPSA) is 6.48 Å². The van der Waals surface area contributed by atoms with E-state index in [9.17, 15) is 0 Å². The number of likely N-dealkylation sites (N-methyl/N-ethyl adjacent to an activating group) is 1. The van der Waals surface area contributed by atoms with E-state index in [0.717, 1.165) is 13.1 Å². The summed E-state index contributed by atoms with van der Waals surface area (Å²) in [5.41, 5.74) is 2.70. The minimum absolute atomic E-state index is 0.593. The molecule has 2 nitrogen and oxygen atoms in total. The zero-order chi connectivity index (χ0) is 15.1. The van der Waals surface area contributed by atoms with Crippen LogP contribution >= 0.6 is 0 Å². The molecule has 94 valence electrons. The summed E-state index contributed by atoms with van der Waals surface area (Å²) < 4.78 is 0. The minimum Gasteiger partial charge on any atom is -0.369 e. The molecule has 1 heterocycles. The maximum atomic E-state index is 4.96. The number of hydrogen-bond acceptors (Lipinski definition) is 2. The first kappa shape index (κ1) is 17.4. The lowest BCUT2D eigenvalue weighted by Crippen LogP contribution is -2.44. The SMILES string of the molecule is Cc1ccc(N2CCN(C)CC2)cc1.[B]B([B])B([B])[B]. The maximum absolute atomic E-state index is 4.96. The van der Waals surface area contributed by atoms with Crippen LogP contribution in [0.2, 0.25) is 0 Å². The molecule has 1 aliphatic heterocycles. The lowest BCUT2D eigenvalue weighted by Gasteiger charge is -2.34. The Morgan fingerprint density at radius 2 is 1.30 bits per heavy atom. The zero-order valence-electron chi connectivity index (χ0n) is 12.5. The Morgan fingerprint density at radius 3 is 1.70 bits per heavy atom. The van der Waals surface area contributed by atoms with E-state index >= 15 is 0 Å². The van der Waals surface area contributed by atoms with Gasteiger partial charge >= 0.3 is 0 Å². The van der Waals surface area contributed by atoms with Gasteiger partial charge in [0.1, 0.15) is 0 Å². The molecule has 0 bridgehead atoms. The van der Waals surface area contributed by atoms with Gasteiger partial charge in [-0.1, -0.05) is 17.7 Å². The summed E-state index contributed by atoms with van der Waals surface area (Å²) in [5.74, 6) is 0. The highest BCUT2D eigenvalue weighted by atomic mass is 15.2. The molecule has 8 heteroatoms. The number of aryl methyl sites for hydroxylation is 1. The maximum Gasteiger partial charge on any atom is 0.0367 e. The molecule has 1 saturated heterocycles. The predicted octanol–water partition coefficient (Wildman–Crippen LogP) is -0.538. The van der Waals surface area contributed by atoms with Gasteiger partial charge in [-0.15, -0.1) is 0 Å². The Kier molecular flexibility index (Phi) is 7.50. The number of rotatable bonds is 2. The first-order valence-corrected chi connectivity index (χ1v) is 6.92. The third-order valence-corrected chi connectivity index (χ3v) is 3.35. The van der Waals surface area contributed by atoms with Crippen LogP contribution in [-0.2, 0) is 0 Å². The summed E-state index contributed by atoms with van der Waals surface area (Å²) in [7, 11) is 22.0. The average Bonchev–Trinajstić information content (AvgIpc) is 2.41.